The van der Waals surface area contributed by atoms with E-state index < -0.39 is 5.92 Å². The maximum Gasteiger partial charge on any atom is 0.226 e. The molecule has 1 aromatic heterocycles. The van der Waals surface area contributed by atoms with Crippen molar-refractivity contribution >= 4 is 17.5 Å². The number of aryl methyl sites for hydroxylation is 3. The second-order valence-corrected chi connectivity index (χ2v) is 7.20. The Labute approximate surface area is 157 Å². The third-order valence-corrected chi connectivity index (χ3v) is 5.25. The van der Waals surface area contributed by atoms with Gasteiger partial charge < -0.3 is 5.32 Å². The lowest BCUT2D eigenvalue weighted by Crippen LogP contribution is -2.27. The summed E-state index contributed by atoms with van der Waals surface area (Å²) in [6, 6.07) is 13.7. The summed E-state index contributed by atoms with van der Waals surface area (Å²) < 4.78 is 0. The van der Waals surface area contributed by atoms with E-state index in [-0.39, 0.29) is 18.1 Å². The minimum absolute atomic E-state index is 0.0519. The van der Waals surface area contributed by atoms with E-state index in [9.17, 15) is 9.59 Å². The molecule has 0 saturated heterocycles. The Morgan fingerprint density at radius 2 is 1.78 bits per heavy atom. The fourth-order valence-corrected chi connectivity index (χ4v) is 3.52. The van der Waals surface area contributed by atoms with Crippen molar-refractivity contribution in [2.24, 2.45) is 0 Å². The molecular formula is C22H21N3O2. The number of fused-ring (bicyclic) bond motifs is 1. The lowest BCUT2D eigenvalue weighted by Gasteiger charge is -2.22. The number of benzene rings is 2. The summed E-state index contributed by atoms with van der Waals surface area (Å²) in [5.41, 5.74) is 6.48. The van der Waals surface area contributed by atoms with Gasteiger partial charge in [-0.1, -0.05) is 42.0 Å². The summed E-state index contributed by atoms with van der Waals surface area (Å²) in [6.45, 7) is 6.03. The first kappa shape index (κ1) is 17.2. The highest BCUT2D eigenvalue weighted by Crippen LogP contribution is 2.40. The third kappa shape index (κ3) is 3.05. The molecule has 3 aromatic rings. The zero-order valence-electron chi connectivity index (χ0n) is 15.6. The molecule has 0 aliphatic carbocycles. The largest absolute Gasteiger partial charge is 0.309 e. The van der Waals surface area contributed by atoms with Crippen molar-refractivity contribution in [3.8, 4) is 11.3 Å². The highest BCUT2D eigenvalue weighted by Gasteiger charge is 2.36. The number of amides is 1. The monoisotopic (exact) mass is 359 g/mol. The lowest BCUT2D eigenvalue weighted by atomic mass is 9.83. The highest BCUT2D eigenvalue weighted by atomic mass is 16.2. The molecule has 1 unspecified atom stereocenters. The standard InChI is InChI=1S/C22H21N3O2/c1-12-4-7-15(8-5-12)20-19-17(11-18(26)23-22(19)25-24-20)21(27)16-9-6-13(2)14(3)10-16/h4-10,17H,11H2,1-3H3,(H2,23,24,25,26). The lowest BCUT2D eigenvalue weighted by molar-refractivity contribution is -0.116. The second-order valence-electron chi connectivity index (χ2n) is 7.20. The molecule has 27 heavy (non-hydrogen) atoms. The third-order valence-electron chi connectivity index (χ3n) is 5.25. The van der Waals surface area contributed by atoms with Crippen molar-refractivity contribution in [1.29, 1.82) is 0 Å². The van der Waals surface area contributed by atoms with Crippen LogP contribution in [0.15, 0.2) is 42.5 Å². The first-order valence-corrected chi connectivity index (χ1v) is 9.00. The van der Waals surface area contributed by atoms with Crippen LogP contribution in [-0.2, 0) is 4.79 Å². The van der Waals surface area contributed by atoms with E-state index in [0.29, 0.717) is 11.4 Å². The molecule has 0 bridgehead atoms. The molecular weight excluding hydrogens is 338 g/mol. The molecule has 5 heteroatoms. The highest BCUT2D eigenvalue weighted by molar-refractivity contribution is 6.08. The Morgan fingerprint density at radius 3 is 2.48 bits per heavy atom. The number of hydrogen-bond acceptors (Lipinski definition) is 3. The first-order chi connectivity index (χ1) is 12.9. The van der Waals surface area contributed by atoms with Crippen molar-refractivity contribution in [1.82, 2.24) is 10.2 Å². The molecule has 1 aliphatic heterocycles. The molecule has 0 saturated carbocycles. The van der Waals surface area contributed by atoms with Crippen LogP contribution < -0.4 is 5.32 Å². The van der Waals surface area contributed by atoms with E-state index in [1.165, 1.54) is 0 Å². The number of rotatable bonds is 3. The van der Waals surface area contributed by atoms with Gasteiger partial charge in [-0.15, -0.1) is 0 Å². The number of anilines is 1. The van der Waals surface area contributed by atoms with Crippen LogP contribution in [0.2, 0.25) is 0 Å². The number of H-pyrrole nitrogens is 1. The Morgan fingerprint density at radius 1 is 1.04 bits per heavy atom. The zero-order valence-corrected chi connectivity index (χ0v) is 15.6. The van der Waals surface area contributed by atoms with Gasteiger partial charge in [-0.2, -0.15) is 5.10 Å². The van der Waals surface area contributed by atoms with Crippen molar-refractivity contribution in [3.63, 3.8) is 0 Å². The van der Waals surface area contributed by atoms with Crippen molar-refractivity contribution in [3.05, 3.63) is 70.3 Å². The Bertz CT molecular complexity index is 1050. The maximum absolute atomic E-state index is 13.3. The van der Waals surface area contributed by atoms with Gasteiger partial charge in [0.1, 0.15) is 0 Å². The van der Waals surface area contributed by atoms with Crippen molar-refractivity contribution in [2.45, 2.75) is 33.1 Å². The number of ketones is 1. The minimum Gasteiger partial charge on any atom is -0.309 e. The van der Waals surface area contributed by atoms with Crippen LogP contribution in [0.3, 0.4) is 0 Å². The predicted octanol–water partition coefficient (Wildman–Crippen LogP) is 4.31. The molecule has 2 heterocycles. The number of carbonyl (C=O) groups excluding carboxylic acids is 2. The van der Waals surface area contributed by atoms with E-state index >= 15 is 0 Å². The van der Waals surface area contributed by atoms with Gasteiger partial charge in [0.25, 0.3) is 0 Å². The van der Waals surface area contributed by atoms with Gasteiger partial charge in [0.15, 0.2) is 11.6 Å². The second kappa shape index (κ2) is 6.50. The van der Waals surface area contributed by atoms with Gasteiger partial charge >= 0.3 is 0 Å². The van der Waals surface area contributed by atoms with Gasteiger partial charge in [0, 0.05) is 17.5 Å². The van der Waals surface area contributed by atoms with Crippen molar-refractivity contribution in [2.75, 3.05) is 5.32 Å². The fourth-order valence-electron chi connectivity index (χ4n) is 3.52. The summed E-state index contributed by atoms with van der Waals surface area (Å²) in [5.74, 6) is -0.342. The summed E-state index contributed by atoms with van der Waals surface area (Å²) in [6.07, 6.45) is 0.122. The number of aromatic nitrogens is 2. The topological polar surface area (TPSA) is 74.8 Å². The van der Waals surface area contributed by atoms with Crippen LogP contribution in [0.1, 0.15) is 45.0 Å². The smallest absolute Gasteiger partial charge is 0.226 e. The molecule has 0 spiro atoms. The Kier molecular flexibility index (Phi) is 4.15. The average Bonchev–Trinajstić information content (AvgIpc) is 3.07. The van der Waals surface area contributed by atoms with Gasteiger partial charge in [0.2, 0.25) is 5.91 Å². The van der Waals surface area contributed by atoms with E-state index in [0.717, 1.165) is 33.5 Å². The Balaban J connectivity index is 1.80. The Hall–Kier alpha value is -3.21. The van der Waals surface area contributed by atoms with Crippen LogP contribution in [0.4, 0.5) is 5.82 Å². The predicted molar refractivity (Wildman–Crippen MR) is 105 cm³/mol. The van der Waals surface area contributed by atoms with Crippen molar-refractivity contribution < 1.29 is 9.59 Å². The molecule has 1 amide bonds. The molecule has 136 valence electrons. The first-order valence-electron chi connectivity index (χ1n) is 9.00. The quantitative estimate of drug-likeness (QED) is 0.684. The number of aromatic amines is 1. The van der Waals surface area contributed by atoms with Crippen LogP contribution in [0, 0.1) is 20.8 Å². The van der Waals surface area contributed by atoms with E-state index in [2.05, 4.69) is 15.5 Å². The number of nitrogens with one attached hydrogen (secondary N) is 2. The van der Waals surface area contributed by atoms with Gasteiger partial charge in [-0.3, -0.25) is 14.7 Å². The summed E-state index contributed by atoms with van der Waals surface area (Å²) >= 11 is 0. The van der Waals surface area contributed by atoms with Crippen LogP contribution >= 0.6 is 0 Å². The molecule has 2 aromatic carbocycles. The van der Waals surface area contributed by atoms with Crippen LogP contribution in [-0.4, -0.2) is 21.9 Å². The van der Waals surface area contributed by atoms with E-state index in [1.54, 1.807) is 0 Å². The molecule has 2 N–H and O–H groups in total. The van der Waals surface area contributed by atoms with Gasteiger partial charge in [-0.05, 0) is 43.5 Å². The van der Waals surface area contributed by atoms with Gasteiger partial charge in [-0.25, -0.2) is 0 Å². The maximum atomic E-state index is 13.3. The normalized spacial score (nSPS) is 16.0. The minimum atomic E-state index is -0.550. The molecule has 5 nitrogen and oxygen atoms in total. The zero-order chi connectivity index (χ0) is 19.1. The SMILES string of the molecule is Cc1ccc(-c2[nH]nc3c2C(C(=O)c2ccc(C)c(C)c2)CC(=O)N3)cc1. The van der Waals surface area contributed by atoms with E-state index in [4.69, 9.17) is 0 Å². The number of Topliss-reactive ketones (excluding diaryl/α,β-unsaturated/α-hetero) is 1. The van der Waals surface area contributed by atoms with Gasteiger partial charge in [0.05, 0.1) is 11.6 Å². The van der Waals surface area contributed by atoms with E-state index in [1.807, 2.05) is 63.2 Å². The van der Waals surface area contributed by atoms with Crippen LogP contribution in [0.25, 0.3) is 11.3 Å². The molecule has 0 radical (unpaired) electrons. The summed E-state index contributed by atoms with van der Waals surface area (Å²) in [4.78, 5) is 25.5. The van der Waals surface area contributed by atoms with Crippen LogP contribution in [0.5, 0.6) is 0 Å². The number of hydrogen-bond donors (Lipinski definition) is 2. The number of nitrogens with zero attached hydrogens (tertiary/aromatic N) is 1. The summed E-state index contributed by atoms with van der Waals surface area (Å²) in [5, 5.41) is 10.1. The summed E-state index contributed by atoms with van der Waals surface area (Å²) in [7, 11) is 0. The average molecular weight is 359 g/mol. The molecule has 4 rings (SSSR count). The molecule has 1 aliphatic rings. The molecule has 0 fully saturated rings. The molecule has 1 atom stereocenters. The fraction of sp³-hybridized carbons (Fsp3) is 0.227. The number of carbonyl (C=O) groups is 2.